The van der Waals surface area contributed by atoms with Crippen LogP contribution in [-0.2, 0) is 6.54 Å². The predicted octanol–water partition coefficient (Wildman–Crippen LogP) is 4.74. The van der Waals surface area contributed by atoms with Gasteiger partial charge in [-0.05, 0) is 25.3 Å². The second-order valence-corrected chi connectivity index (χ2v) is 6.69. The number of hydrogen-bond acceptors (Lipinski definition) is 2. The molecule has 2 aromatic rings. The topological polar surface area (TPSA) is 17.8 Å². The third kappa shape index (κ3) is 2.63. The van der Waals surface area contributed by atoms with Crippen molar-refractivity contribution in [3.8, 4) is 0 Å². The van der Waals surface area contributed by atoms with Crippen molar-refractivity contribution in [2.45, 2.75) is 31.0 Å². The van der Waals surface area contributed by atoms with E-state index in [-0.39, 0.29) is 5.38 Å². The van der Waals surface area contributed by atoms with Crippen molar-refractivity contribution >= 4 is 46.0 Å². The molecule has 0 aliphatic rings. The first kappa shape index (κ1) is 14.0. The summed E-state index contributed by atoms with van der Waals surface area (Å²) in [6.07, 6.45) is 2.11. The standard InChI is InChI=1S/C13H16Cl2N2S/c1-8(18-3)7-17-11-6-4-5-10(15)12(11)16-13(17)9(2)14/h4-6,8-9H,7H2,1-3H3. The Morgan fingerprint density at radius 3 is 2.72 bits per heavy atom. The Balaban J connectivity index is 2.59. The van der Waals surface area contributed by atoms with Crippen molar-refractivity contribution in [1.29, 1.82) is 0 Å². The number of rotatable bonds is 4. The lowest BCUT2D eigenvalue weighted by Gasteiger charge is -2.14. The summed E-state index contributed by atoms with van der Waals surface area (Å²) in [4.78, 5) is 4.59. The molecule has 0 aliphatic carbocycles. The van der Waals surface area contributed by atoms with E-state index in [4.69, 9.17) is 23.2 Å². The van der Waals surface area contributed by atoms with Gasteiger partial charge in [-0.15, -0.1) is 11.6 Å². The van der Waals surface area contributed by atoms with Gasteiger partial charge < -0.3 is 4.57 Å². The van der Waals surface area contributed by atoms with Gasteiger partial charge in [0.2, 0.25) is 0 Å². The van der Waals surface area contributed by atoms with Gasteiger partial charge >= 0.3 is 0 Å². The SMILES string of the molecule is CSC(C)Cn1c(C(C)Cl)nc2c(Cl)cccc21. The Labute approximate surface area is 122 Å². The van der Waals surface area contributed by atoms with Crippen molar-refractivity contribution in [3.63, 3.8) is 0 Å². The first-order chi connectivity index (χ1) is 8.54. The zero-order valence-electron chi connectivity index (χ0n) is 10.7. The summed E-state index contributed by atoms with van der Waals surface area (Å²) in [5.74, 6) is 0.890. The highest BCUT2D eigenvalue weighted by molar-refractivity contribution is 7.99. The number of benzene rings is 1. The van der Waals surface area contributed by atoms with Gasteiger partial charge in [-0.25, -0.2) is 4.98 Å². The highest BCUT2D eigenvalue weighted by Gasteiger charge is 2.17. The number of hydrogen-bond donors (Lipinski definition) is 0. The molecule has 0 N–H and O–H groups in total. The maximum Gasteiger partial charge on any atom is 0.127 e. The molecular weight excluding hydrogens is 287 g/mol. The van der Waals surface area contributed by atoms with Gasteiger partial charge in [-0.3, -0.25) is 0 Å². The Hall–Kier alpha value is -0.380. The van der Waals surface area contributed by atoms with Crippen LogP contribution in [0.5, 0.6) is 0 Å². The van der Waals surface area contributed by atoms with Crippen molar-refractivity contribution < 1.29 is 0 Å². The molecule has 2 nitrogen and oxygen atoms in total. The van der Waals surface area contributed by atoms with Crippen LogP contribution in [0.3, 0.4) is 0 Å². The van der Waals surface area contributed by atoms with Crippen molar-refractivity contribution in [2.24, 2.45) is 0 Å². The molecule has 1 aromatic heterocycles. The van der Waals surface area contributed by atoms with Crippen LogP contribution in [0, 0.1) is 0 Å². The fourth-order valence-electron chi connectivity index (χ4n) is 1.96. The first-order valence-corrected chi connectivity index (χ1v) is 7.96. The fourth-order valence-corrected chi connectivity index (χ4v) is 2.63. The largest absolute Gasteiger partial charge is 0.326 e. The number of aromatic nitrogens is 2. The van der Waals surface area contributed by atoms with E-state index in [1.54, 1.807) is 0 Å². The third-order valence-corrected chi connectivity index (χ3v) is 4.41. The summed E-state index contributed by atoms with van der Waals surface area (Å²) in [6.45, 7) is 5.03. The molecule has 0 amide bonds. The molecule has 0 saturated heterocycles. The molecule has 2 rings (SSSR count). The fraction of sp³-hybridized carbons (Fsp3) is 0.462. The van der Waals surface area contributed by atoms with Crippen LogP contribution in [0.1, 0.15) is 25.0 Å². The minimum absolute atomic E-state index is 0.123. The third-order valence-electron chi connectivity index (χ3n) is 2.96. The normalized spacial score (nSPS) is 14.9. The maximum atomic E-state index is 6.23. The quantitative estimate of drug-likeness (QED) is 0.759. The monoisotopic (exact) mass is 302 g/mol. The smallest absolute Gasteiger partial charge is 0.127 e. The number of thioether (sulfide) groups is 1. The van der Waals surface area contributed by atoms with Crippen LogP contribution in [-0.4, -0.2) is 21.1 Å². The average Bonchev–Trinajstić information content (AvgIpc) is 2.70. The minimum Gasteiger partial charge on any atom is -0.326 e. The van der Waals surface area contributed by atoms with E-state index in [0.29, 0.717) is 10.3 Å². The molecule has 1 aromatic carbocycles. The predicted molar refractivity (Wildman–Crippen MR) is 82.0 cm³/mol. The van der Waals surface area contributed by atoms with Gasteiger partial charge in [0.25, 0.3) is 0 Å². The molecule has 5 heteroatoms. The van der Waals surface area contributed by atoms with E-state index in [9.17, 15) is 0 Å². The second kappa shape index (κ2) is 5.72. The van der Waals surface area contributed by atoms with Crippen LogP contribution in [0.2, 0.25) is 5.02 Å². The van der Waals surface area contributed by atoms with E-state index in [1.807, 2.05) is 36.9 Å². The summed E-state index contributed by atoms with van der Waals surface area (Å²) < 4.78 is 2.18. The summed E-state index contributed by atoms with van der Waals surface area (Å²) in [6, 6.07) is 5.86. The van der Waals surface area contributed by atoms with E-state index in [2.05, 4.69) is 22.7 Å². The first-order valence-electron chi connectivity index (χ1n) is 5.86. The Bertz CT molecular complexity index is 551. The average molecular weight is 303 g/mol. The minimum atomic E-state index is -0.123. The molecule has 0 bridgehead atoms. The van der Waals surface area contributed by atoms with Crippen molar-refractivity contribution in [2.75, 3.05) is 6.26 Å². The summed E-state index contributed by atoms with van der Waals surface area (Å²) in [7, 11) is 0. The van der Waals surface area contributed by atoms with Crippen LogP contribution < -0.4 is 0 Å². The van der Waals surface area contributed by atoms with Gasteiger partial charge in [0, 0.05) is 11.8 Å². The van der Waals surface area contributed by atoms with E-state index >= 15 is 0 Å². The molecule has 0 aliphatic heterocycles. The zero-order valence-corrected chi connectivity index (χ0v) is 13.0. The molecule has 0 radical (unpaired) electrons. The Morgan fingerprint density at radius 1 is 1.39 bits per heavy atom. The second-order valence-electron chi connectivity index (χ2n) is 4.35. The highest BCUT2D eigenvalue weighted by Crippen LogP contribution is 2.29. The van der Waals surface area contributed by atoms with E-state index < -0.39 is 0 Å². The van der Waals surface area contributed by atoms with Crippen LogP contribution in [0.25, 0.3) is 11.0 Å². The number of halogens is 2. The van der Waals surface area contributed by atoms with Crippen molar-refractivity contribution in [1.82, 2.24) is 9.55 Å². The van der Waals surface area contributed by atoms with Gasteiger partial charge in [0.05, 0.1) is 15.9 Å². The zero-order chi connectivity index (χ0) is 13.3. The van der Waals surface area contributed by atoms with Crippen LogP contribution in [0.4, 0.5) is 0 Å². The summed E-state index contributed by atoms with van der Waals surface area (Å²) in [5, 5.41) is 1.07. The van der Waals surface area contributed by atoms with Gasteiger partial charge in [-0.2, -0.15) is 11.8 Å². The lowest BCUT2D eigenvalue weighted by Crippen LogP contribution is -2.12. The highest BCUT2D eigenvalue weighted by atomic mass is 35.5. The van der Waals surface area contributed by atoms with Gasteiger partial charge in [0.1, 0.15) is 11.3 Å². The number of nitrogens with zero attached hydrogens (tertiary/aromatic N) is 2. The van der Waals surface area contributed by atoms with Gasteiger partial charge in [0.15, 0.2) is 0 Å². The van der Waals surface area contributed by atoms with E-state index in [1.165, 1.54) is 0 Å². The summed E-state index contributed by atoms with van der Waals surface area (Å²) >= 11 is 14.3. The molecule has 1 heterocycles. The molecule has 98 valence electrons. The Morgan fingerprint density at radius 2 is 2.11 bits per heavy atom. The lowest BCUT2D eigenvalue weighted by atomic mass is 10.3. The van der Waals surface area contributed by atoms with Gasteiger partial charge in [-0.1, -0.05) is 24.6 Å². The molecule has 2 atom stereocenters. The van der Waals surface area contributed by atoms with Crippen LogP contribution >= 0.6 is 35.0 Å². The number of imidazole rings is 1. The lowest BCUT2D eigenvalue weighted by molar-refractivity contribution is 0.665. The molecule has 0 spiro atoms. The van der Waals surface area contributed by atoms with Crippen molar-refractivity contribution in [3.05, 3.63) is 29.0 Å². The Kier molecular flexibility index (Phi) is 4.46. The summed E-state index contributed by atoms with van der Waals surface area (Å²) in [5.41, 5.74) is 1.90. The van der Waals surface area contributed by atoms with E-state index in [0.717, 1.165) is 23.4 Å². The molecule has 2 unspecified atom stereocenters. The number of alkyl halides is 1. The molecule has 0 saturated carbocycles. The number of para-hydroxylation sites is 1. The molecule has 0 fully saturated rings. The molecular formula is C13H16Cl2N2S. The van der Waals surface area contributed by atoms with Crippen LogP contribution in [0.15, 0.2) is 18.2 Å². The maximum absolute atomic E-state index is 6.23. The molecule has 18 heavy (non-hydrogen) atoms. The number of fused-ring (bicyclic) bond motifs is 1.